The number of aliphatic hydroxyl groups is 1. The summed E-state index contributed by atoms with van der Waals surface area (Å²) in [6.45, 7) is 1.56. The SMILES string of the molecule is COc1cnc2cccc(C(O)CN3C4CCC3CC(NCC3=CC5=CNSN5C=C3)C4)c2c1. The summed E-state index contributed by atoms with van der Waals surface area (Å²) >= 11 is 1.59. The van der Waals surface area contributed by atoms with Crippen molar-refractivity contribution in [3.8, 4) is 5.75 Å². The molecule has 0 aliphatic carbocycles. The van der Waals surface area contributed by atoms with Crippen molar-refractivity contribution in [2.24, 2.45) is 0 Å². The summed E-state index contributed by atoms with van der Waals surface area (Å²) in [5, 5.41) is 16.0. The Morgan fingerprint density at radius 1 is 1.29 bits per heavy atom. The molecule has 0 radical (unpaired) electrons. The first-order valence-corrected chi connectivity index (χ1v) is 12.9. The molecule has 8 heteroatoms. The molecule has 0 amide bonds. The molecule has 178 valence electrons. The second kappa shape index (κ2) is 9.26. The van der Waals surface area contributed by atoms with Gasteiger partial charge in [-0.25, -0.2) is 0 Å². The first-order chi connectivity index (χ1) is 16.7. The van der Waals surface area contributed by atoms with E-state index in [4.69, 9.17) is 4.74 Å². The van der Waals surface area contributed by atoms with E-state index >= 15 is 0 Å². The smallest absolute Gasteiger partial charge is 0.137 e. The maximum atomic E-state index is 11.3. The fourth-order valence-corrected chi connectivity index (χ4v) is 6.47. The lowest BCUT2D eigenvalue weighted by molar-refractivity contribution is 0.0529. The van der Waals surface area contributed by atoms with E-state index in [0.717, 1.165) is 35.9 Å². The van der Waals surface area contributed by atoms with Gasteiger partial charge in [-0.3, -0.25) is 14.2 Å². The van der Waals surface area contributed by atoms with Crippen molar-refractivity contribution < 1.29 is 9.84 Å². The maximum Gasteiger partial charge on any atom is 0.137 e. The van der Waals surface area contributed by atoms with Crippen LogP contribution in [0, 0.1) is 0 Å². The van der Waals surface area contributed by atoms with Crippen LogP contribution in [-0.4, -0.2) is 57.6 Å². The largest absolute Gasteiger partial charge is 0.495 e. The van der Waals surface area contributed by atoms with Gasteiger partial charge in [-0.1, -0.05) is 12.1 Å². The number of aromatic nitrogens is 1. The van der Waals surface area contributed by atoms with Crippen LogP contribution in [0.5, 0.6) is 5.75 Å². The second-order valence-corrected chi connectivity index (χ2v) is 10.4. The van der Waals surface area contributed by atoms with Gasteiger partial charge in [0.05, 0.1) is 42.8 Å². The van der Waals surface area contributed by atoms with Crippen LogP contribution in [0.2, 0.25) is 0 Å². The minimum atomic E-state index is -0.545. The highest BCUT2D eigenvalue weighted by molar-refractivity contribution is 7.95. The minimum absolute atomic E-state index is 0.522. The molecule has 2 bridgehead atoms. The molecule has 4 aliphatic heterocycles. The number of pyridine rings is 1. The highest BCUT2D eigenvalue weighted by atomic mass is 32.2. The number of ether oxygens (including phenoxy) is 1. The predicted molar refractivity (Wildman–Crippen MR) is 136 cm³/mol. The summed E-state index contributed by atoms with van der Waals surface area (Å²) in [5.41, 5.74) is 4.34. The third kappa shape index (κ3) is 4.20. The van der Waals surface area contributed by atoms with Crippen molar-refractivity contribution in [1.82, 2.24) is 24.2 Å². The van der Waals surface area contributed by atoms with Crippen LogP contribution < -0.4 is 14.8 Å². The Morgan fingerprint density at radius 3 is 2.97 bits per heavy atom. The highest BCUT2D eigenvalue weighted by Crippen LogP contribution is 2.38. The number of nitrogens with one attached hydrogen (secondary N) is 2. The van der Waals surface area contributed by atoms with E-state index in [1.165, 1.54) is 24.1 Å². The van der Waals surface area contributed by atoms with Crippen LogP contribution >= 0.6 is 12.1 Å². The summed E-state index contributed by atoms with van der Waals surface area (Å²) in [5.74, 6) is 0.717. The third-order valence-corrected chi connectivity index (χ3v) is 8.31. The molecule has 2 fully saturated rings. The Hall–Kier alpha value is -2.52. The molecular weight excluding hydrogens is 446 g/mol. The normalized spacial score (nSPS) is 26.8. The van der Waals surface area contributed by atoms with E-state index in [9.17, 15) is 5.11 Å². The zero-order valence-electron chi connectivity index (χ0n) is 19.4. The zero-order chi connectivity index (χ0) is 23.1. The predicted octanol–water partition coefficient (Wildman–Crippen LogP) is 3.63. The lowest BCUT2D eigenvalue weighted by atomic mass is 9.95. The van der Waals surface area contributed by atoms with Gasteiger partial charge in [0.25, 0.3) is 0 Å². The number of hydrogen-bond acceptors (Lipinski definition) is 8. The van der Waals surface area contributed by atoms with E-state index in [-0.39, 0.29) is 0 Å². The van der Waals surface area contributed by atoms with Gasteiger partial charge in [0.2, 0.25) is 0 Å². The van der Waals surface area contributed by atoms with E-state index in [0.29, 0.717) is 30.4 Å². The summed E-state index contributed by atoms with van der Waals surface area (Å²) < 4.78 is 10.7. The summed E-state index contributed by atoms with van der Waals surface area (Å²) in [6.07, 6.45) is 14.5. The molecule has 3 N–H and O–H groups in total. The molecule has 0 saturated carbocycles. The third-order valence-electron chi connectivity index (χ3n) is 7.56. The number of rotatable bonds is 7. The molecule has 3 atom stereocenters. The van der Waals surface area contributed by atoms with Gasteiger partial charge in [0.15, 0.2) is 0 Å². The van der Waals surface area contributed by atoms with Gasteiger partial charge < -0.3 is 19.9 Å². The minimum Gasteiger partial charge on any atom is -0.495 e. The molecule has 0 spiro atoms. The molecule has 4 aliphatic rings. The van der Waals surface area contributed by atoms with Crippen molar-refractivity contribution in [2.75, 3.05) is 20.2 Å². The van der Waals surface area contributed by atoms with Crippen LogP contribution in [0.15, 0.2) is 66.3 Å². The maximum absolute atomic E-state index is 11.3. The fraction of sp³-hybridized carbons (Fsp3) is 0.423. The standard InChI is InChI=1S/C26H31N5O2S/c1-33-22-12-24-23(3-2-4-25(24)28-15-22)26(32)16-30-19-5-6-20(30)11-18(10-19)27-13-17-7-8-31-21(9-17)14-29-34-31/h2-4,7-9,12,14-15,18-20,26-27,29,32H,5-6,10-11,13,16H2,1H3. The molecule has 2 saturated heterocycles. The average molecular weight is 478 g/mol. The average Bonchev–Trinajstić information content (AvgIpc) is 3.42. The Kier molecular flexibility index (Phi) is 5.99. The Morgan fingerprint density at radius 2 is 2.15 bits per heavy atom. The fourth-order valence-electron chi connectivity index (χ4n) is 5.85. The lowest BCUT2D eigenvalue weighted by Gasteiger charge is -2.40. The monoisotopic (exact) mass is 477 g/mol. The van der Waals surface area contributed by atoms with Crippen molar-refractivity contribution >= 4 is 23.0 Å². The van der Waals surface area contributed by atoms with Crippen LogP contribution in [0.1, 0.15) is 37.4 Å². The van der Waals surface area contributed by atoms with Crippen molar-refractivity contribution in [2.45, 2.75) is 49.9 Å². The topological polar surface area (TPSA) is 72.9 Å². The van der Waals surface area contributed by atoms with Crippen molar-refractivity contribution in [3.63, 3.8) is 0 Å². The summed E-state index contributed by atoms with van der Waals surface area (Å²) in [6, 6.07) is 9.54. The highest BCUT2D eigenvalue weighted by Gasteiger charge is 2.41. The van der Waals surface area contributed by atoms with Gasteiger partial charge >= 0.3 is 0 Å². The molecule has 7 nitrogen and oxygen atoms in total. The number of methoxy groups -OCH3 is 1. The van der Waals surface area contributed by atoms with Crippen LogP contribution in [0.4, 0.5) is 0 Å². The molecule has 2 aromatic rings. The van der Waals surface area contributed by atoms with Crippen LogP contribution in [0.3, 0.4) is 0 Å². The summed E-state index contributed by atoms with van der Waals surface area (Å²) in [7, 11) is 1.65. The van der Waals surface area contributed by atoms with Crippen LogP contribution in [0.25, 0.3) is 10.9 Å². The lowest BCUT2D eigenvalue weighted by Crippen LogP contribution is -2.50. The van der Waals surface area contributed by atoms with Gasteiger partial charge in [-0.05, 0) is 61.1 Å². The van der Waals surface area contributed by atoms with E-state index in [1.54, 1.807) is 25.4 Å². The van der Waals surface area contributed by atoms with E-state index in [1.807, 2.05) is 30.5 Å². The van der Waals surface area contributed by atoms with E-state index in [2.05, 4.69) is 42.6 Å². The summed E-state index contributed by atoms with van der Waals surface area (Å²) in [4.78, 5) is 7.05. The van der Waals surface area contributed by atoms with E-state index < -0.39 is 6.10 Å². The van der Waals surface area contributed by atoms with Gasteiger partial charge in [-0.2, -0.15) is 0 Å². The second-order valence-electron chi connectivity index (χ2n) is 9.58. The quantitative estimate of drug-likeness (QED) is 0.523. The van der Waals surface area contributed by atoms with Gasteiger partial charge in [0.1, 0.15) is 5.75 Å². The molecule has 6 rings (SSSR count). The molecule has 34 heavy (non-hydrogen) atoms. The molecular formula is C26H31N5O2S. The van der Waals surface area contributed by atoms with Gasteiger partial charge in [-0.15, -0.1) is 0 Å². The first kappa shape index (κ1) is 22.0. The number of nitrogens with zero attached hydrogens (tertiary/aromatic N) is 3. The molecule has 1 aromatic carbocycles. The number of fused-ring (bicyclic) bond motifs is 4. The van der Waals surface area contributed by atoms with Gasteiger partial charge in [0, 0.05) is 49.0 Å². The Balaban J connectivity index is 1.10. The van der Waals surface area contributed by atoms with Crippen LogP contribution in [-0.2, 0) is 0 Å². The molecule has 3 unspecified atom stereocenters. The number of aliphatic hydroxyl groups excluding tert-OH is 1. The van der Waals surface area contributed by atoms with Crippen molar-refractivity contribution in [1.29, 1.82) is 0 Å². The number of benzene rings is 1. The zero-order valence-corrected chi connectivity index (χ0v) is 20.2. The Bertz CT molecular complexity index is 1150. The first-order valence-electron chi connectivity index (χ1n) is 12.1. The Labute approximate surface area is 204 Å². The number of piperidine rings is 1. The number of hydrogen-bond donors (Lipinski definition) is 3. The number of allylic oxidation sites excluding steroid dienone is 1. The van der Waals surface area contributed by atoms with Crippen molar-refractivity contribution in [3.05, 3.63) is 71.8 Å². The molecule has 5 heterocycles. The molecule has 1 aromatic heterocycles.